The molecule has 37 heavy (non-hydrogen) atoms. The Balaban J connectivity index is 0.000000286. The maximum atomic E-state index is 10.6. The number of carbonyl (C=O) groups is 2. The molecule has 2 aromatic heterocycles. The van der Waals surface area contributed by atoms with Crippen LogP contribution >= 0.6 is 11.3 Å². The van der Waals surface area contributed by atoms with Gasteiger partial charge in [0.25, 0.3) is 0 Å². The average Bonchev–Trinajstić information content (AvgIpc) is 3.42. The highest BCUT2D eigenvalue weighted by Crippen LogP contribution is 2.35. The zero-order valence-electron chi connectivity index (χ0n) is 19.1. The van der Waals surface area contributed by atoms with Crippen LogP contribution in [0, 0.1) is 5.41 Å². The van der Waals surface area contributed by atoms with Gasteiger partial charge in [0.05, 0.1) is 19.8 Å². The van der Waals surface area contributed by atoms with Crippen LogP contribution < -0.4 is 4.90 Å². The van der Waals surface area contributed by atoms with Gasteiger partial charge < -0.3 is 19.8 Å². The summed E-state index contributed by atoms with van der Waals surface area (Å²) in [5.74, 6) is -4.68. The van der Waals surface area contributed by atoms with Crippen molar-refractivity contribution >= 4 is 29.2 Å². The number of aromatic nitrogens is 3. The molecular weight excluding hydrogens is 536 g/mol. The van der Waals surface area contributed by atoms with E-state index >= 15 is 0 Å². The Morgan fingerprint density at radius 1 is 0.973 bits per heavy atom. The molecule has 1 unspecified atom stereocenters. The molecule has 2 aliphatic rings. The molecule has 4 heterocycles. The molecule has 10 nitrogen and oxygen atoms in total. The van der Waals surface area contributed by atoms with Crippen molar-refractivity contribution in [3.05, 3.63) is 35.0 Å². The SMILES string of the molecule is O=C(O)C(F)(F)F.O=C(O)C(F)(F)F.c1cnc(N2CCC3(COCCN(Cc4nccs4)C3)C2)nc1. The Morgan fingerprint density at radius 2 is 1.57 bits per heavy atom. The van der Waals surface area contributed by atoms with E-state index in [1.165, 1.54) is 5.01 Å². The summed E-state index contributed by atoms with van der Waals surface area (Å²) in [4.78, 5) is 35.8. The Kier molecular flexibility index (Phi) is 10.6. The minimum Gasteiger partial charge on any atom is -0.475 e. The molecule has 2 N–H and O–H groups in total. The van der Waals surface area contributed by atoms with Crippen molar-refractivity contribution in [3.63, 3.8) is 0 Å². The predicted molar refractivity (Wildman–Crippen MR) is 117 cm³/mol. The Bertz CT molecular complexity index is 972. The molecule has 2 aromatic rings. The van der Waals surface area contributed by atoms with Crippen molar-refractivity contribution in [1.82, 2.24) is 19.9 Å². The van der Waals surface area contributed by atoms with Crippen LogP contribution in [0.4, 0.5) is 32.3 Å². The number of hydrogen-bond acceptors (Lipinski definition) is 9. The lowest BCUT2D eigenvalue weighted by Crippen LogP contribution is -2.40. The highest BCUT2D eigenvalue weighted by atomic mass is 32.1. The van der Waals surface area contributed by atoms with Crippen LogP contribution in [0.15, 0.2) is 30.0 Å². The maximum Gasteiger partial charge on any atom is 0.490 e. The van der Waals surface area contributed by atoms with E-state index in [1.54, 1.807) is 11.3 Å². The summed E-state index contributed by atoms with van der Waals surface area (Å²) in [5, 5.41) is 17.5. The average molecular weight is 559 g/mol. The molecule has 2 aliphatic heterocycles. The monoisotopic (exact) mass is 559 g/mol. The van der Waals surface area contributed by atoms with E-state index < -0.39 is 24.3 Å². The van der Waals surface area contributed by atoms with E-state index in [-0.39, 0.29) is 5.41 Å². The fourth-order valence-corrected chi connectivity index (χ4v) is 4.20. The van der Waals surface area contributed by atoms with Crippen LogP contribution in [0.25, 0.3) is 0 Å². The van der Waals surface area contributed by atoms with Crippen LogP contribution in [-0.4, -0.2) is 93.7 Å². The summed E-state index contributed by atoms with van der Waals surface area (Å²) >= 11 is 1.73. The maximum absolute atomic E-state index is 10.6. The van der Waals surface area contributed by atoms with E-state index in [2.05, 4.69) is 24.8 Å². The molecule has 0 amide bonds. The Labute approximate surface area is 210 Å². The minimum atomic E-state index is -5.08. The number of rotatable bonds is 3. The number of carboxylic acid groups (broad SMARTS) is 2. The molecule has 1 spiro atoms. The standard InChI is InChI=1S/C16H21N5OS.2C2HF3O2/c1-3-18-15(19-4-1)21-6-2-16(12-21)11-20(7-8-22-13-16)10-14-17-5-9-23-14;2*3-2(4,5)1(6)7/h1,3-5,9H,2,6-8,10-13H2;2*(H,6,7). The molecule has 4 rings (SSSR count). The number of aliphatic carboxylic acids is 2. The van der Waals surface area contributed by atoms with Gasteiger partial charge in [-0.15, -0.1) is 11.3 Å². The number of anilines is 1. The van der Waals surface area contributed by atoms with Gasteiger partial charge in [-0.25, -0.2) is 24.5 Å². The second-order valence-corrected chi connectivity index (χ2v) is 8.99. The number of ether oxygens (including phenoxy) is 1. The first-order valence-corrected chi connectivity index (χ1v) is 11.4. The van der Waals surface area contributed by atoms with Crippen molar-refractivity contribution in [2.75, 3.05) is 44.3 Å². The van der Waals surface area contributed by atoms with E-state index in [9.17, 15) is 26.3 Å². The summed E-state index contributed by atoms with van der Waals surface area (Å²) in [6.07, 6.45) is -3.54. The van der Waals surface area contributed by atoms with Crippen molar-refractivity contribution in [2.24, 2.45) is 5.41 Å². The fraction of sp³-hybridized carbons (Fsp3) is 0.550. The predicted octanol–water partition coefficient (Wildman–Crippen LogP) is 2.93. The summed E-state index contributed by atoms with van der Waals surface area (Å²) in [5.41, 5.74) is 0.174. The molecule has 0 aromatic carbocycles. The molecule has 0 aliphatic carbocycles. The molecule has 206 valence electrons. The van der Waals surface area contributed by atoms with Crippen LogP contribution in [0.3, 0.4) is 0 Å². The van der Waals surface area contributed by atoms with Gasteiger partial charge in [0.1, 0.15) is 5.01 Å². The quantitative estimate of drug-likeness (QED) is 0.542. The van der Waals surface area contributed by atoms with Gasteiger partial charge in [0, 0.05) is 55.6 Å². The zero-order chi connectivity index (χ0) is 27.7. The van der Waals surface area contributed by atoms with E-state index in [1.807, 2.05) is 30.0 Å². The van der Waals surface area contributed by atoms with Gasteiger partial charge in [-0.05, 0) is 12.5 Å². The number of halogens is 6. The molecule has 2 saturated heterocycles. The van der Waals surface area contributed by atoms with Gasteiger partial charge in [0.15, 0.2) is 0 Å². The molecule has 2 fully saturated rings. The molecule has 0 saturated carbocycles. The Hall–Kier alpha value is -3.05. The first-order chi connectivity index (χ1) is 17.2. The summed E-state index contributed by atoms with van der Waals surface area (Å²) in [7, 11) is 0. The van der Waals surface area contributed by atoms with Gasteiger partial charge in [-0.1, -0.05) is 0 Å². The minimum absolute atomic E-state index is 0.174. The third-order valence-corrected chi connectivity index (χ3v) is 5.88. The second-order valence-electron chi connectivity index (χ2n) is 8.02. The van der Waals surface area contributed by atoms with E-state index in [0.29, 0.717) is 0 Å². The molecule has 0 radical (unpaired) electrons. The van der Waals surface area contributed by atoms with Crippen molar-refractivity contribution in [3.8, 4) is 0 Å². The van der Waals surface area contributed by atoms with E-state index in [0.717, 1.165) is 58.3 Å². The molecular formula is C20H23F6N5O5S. The normalized spacial score (nSPS) is 20.3. The van der Waals surface area contributed by atoms with Gasteiger partial charge in [0.2, 0.25) is 5.95 Å². The number of nitrogens with zero attached hydrogens (tertiary/aromatic N) is 5. The van der Waals surface area contributed by atoms with Gasteiger partial charge in [-0.2, -0.15) is 26.3 Å². The first-order valence-electron chi connectivity index (χ1n) is 10.5. The molecule has 17 heteroatoms. The first kappa shape index (κ1) is 30.2. The zero-order valence-corrected chi connectivity index (χ0v) is 19.9. The van der Waals surface area contributed by atoms with Gasteiger partial charge in [-0.3, -0.25) is 4.90 Å². The number of alkyl halides is 6. The lowest BCUT2D eigenvalue weighted by atomic mass is 9.87. The smallest absolute Gasteiger partial charge is 0.475 e. The third-order valence-electron chi connectivity index (χ3n) is 5.12. The molecule has 0 bridgehead atoms. The topological polar surface area (TPSA) is 129 Å². The number of hydrogen-bond donors (Lipinski definition) is 2. The summed E-state index contributed by atoms with van der Waals surface area (Å²) in [6.45, 7) is 6.53. The van der Waals surface area contributed by atoms with Crippen molar-refractivity contribution in [1.29, 1.82) is 0 Å². The van der Waals surface area contributed by atoms with Crippen LogP contribution in [0.5, 0.6) is 0 Å². The summed E-state index contributed by atoms with van der Waals surface area (Å²) in [6, 6.07) is 1.86. The number of carboxylic acids is 2. The third kappa shape index (κ3) is 10.1. The van der Waals surface area contributed by atoms with E-state index in [4.69, 9.17) is 24.5 Å². The Morgan fingerprint density at radius 3 is 2.08 bits per heavy atom. The van der Waals surface area contributed by atoms with Crippen LogP contribution in [-0.2, 0) is 20.9 Å². The summed E-state index contributed by atoms with van der Waals surface area (Å²) < 4.78 is 69.4. The number of thiazole rings is 1. The lowest BCUT2D eigenvalue weighted by Gasteiger charge is -2.31. The molecule has 1 atom stereocenters. The fourth-order valence-electron chi connectivity index (χ4n) is 3.55. The van der Waals surface area contributed by atoms with Crippen LogP contribution in [0.1, 0.15) is 11.4 Å². The lowest BCUT2D eigenvalue weighted by molar-refractivity contribution is -0.193. The van der Waals surface area contributed by atoms with Crippen molar-refractivity contribution in [2.45, 2.75) is 25.3 Å². The highest BCUT2D eigenvalue weighted by molar-refractivity contribution is 7.09. The van der Waals surface area contributed by atoms with Crippen molar-refractivity contribution < 1.29 is 50.9 Å². The van der Waals surface area contributed by atoms with Gasteiger partial charge >= 0.3 is 24.3 Å². The second kappa shape index (κ2) is 13.0. The highest BCUT2D eigenvalue weighted by Gasteiger charge is 2.42. The van der Waals surface area contributed by atoms with Crippen LogP contribution in [0.2, 0.25) is 0 Å². The largest absolute Gasteiger partial charge is 0.490 e.